The number of nitrogens with zero attached hydrogens (tertiary/aromatic N) is 3. The third kappa shape index (κ3) is 3.38. The van der Waals surface area contributed by atoms with Gasteiger partial charge in [0.25, 0.3) is 0 Å². The fourth-order valence-corrected chi connectivity index (χ4v) is 1.61. The minimum Gasteiger partial charge on any atom is -0.294 e. The number of rotatable bonds is 4. The van der Waals surface area contributed by atoms with Gasteiger partial charge >= 0.3 is 0 Å². The van der Waals surface area contributed by atoms with Crippen LogP contribution in [-0.2, 0) is 0 Å². The highest BCUT2D eigenvalue weighted by atomic mass is 16.1. The van der Waals surface area contributed by atoms with Crippen LogP contribution in [0.3, 0.4) is 0 Å². The van der Waals surface area contributed by atoms with Crippen LogP contribution in [0, 0.1) is 17.8 Å². The van der Waals surface area contributed by atoms with Crippen LogP contribution in [0.5, 0.6) is 0 Å². The summed E-state index contributed by atoms with van der Waals surface area (Å²) in [6.45, 7) is 0.391. The SMILES string of the molecule is [N-]=[N+]=NCCC#Cc1ccc(C(=O)C2CC2)cc1. The van der Waals surface area contributed by atoms with Crippen molar-refractivity contribution in [2.75, 3.05) is 6.54 Å². The summed E-state index contributed by atoms with van der Waals surface area (Å²) in [4.78, 5) is 14.4. The van der Waals surface area contributed by atoms with Crippen molar-refractivity contribution in [3.63, 3.8) is 0 Å². The molecule has 1 fully saturated rings. The van der Waals surface area contributed by atoms with Gasteiger partial charge in [0.15, 0.2) is 5.78 Å². The van der Waals surface area contributed by atoms with Gasteiger partial charge in [-0.25, -0.2) is 0 Å². The molecule has 1 saturated carbocycles. The van der Waals surface area contributed by atoms with E-state index < -0.39 is 0 Å². The highest BCUT2D eigenvalue weighted by Gasteiger charge is 2.30. The summed E-state index contributed by atoms with van der Waals surface area (Å²) < 4.78 is 0. The molecule has 0 unspecified atom stereocenters. The van der Waals surface area contributed by atoms with Crippen LogP contribution in [0.15, 0.2) is 29.4 Å². The topological polar surface area (TPSA) is 65.8 Å². The highest BCUT2D eigenvalue weighted by molar-refractivity contribution is 5.99. The van der Waals surface area contributed by atoms with Crippen LogP contribution >= 0.6 is 0 Å². The summed E-state index contributed by atoms with van der Waals surface area (Å²) in [5, 5.41) is 3.40. The number of carbonyl (C=O) groups is 1. The van der Waals surface area contributed by atoms with Crippen molar-refractivity contribution >= 4 is 5.78 Å². The first-order chi connectivity index (χ1) is 8.81. The first-order valence-electron chi connectivity index (χ1n) is 5.95. The monoisotopic (exact) mass is 239 g/mol. The first-order valence-corrected chi connectivity index (χ1v) is 5.95. The van der Waals surface area contributed by atoms with Crippen molar-refractivity contribution < 1.29 is 4.79 Å². The van der Waals surface area contributed by atoms with Gasteiger partial charge in [0.1, 0.15) is 0 Å². The van der Waals surface area contributed by atoms with E-state index in [1.54, 1.807) is 0 Å². The quantitative estimate of drug-likeness (QED) is 0.198. The molecule has 1 aromatic carbocycles. The molecule has 90 valence electrons. The molecular formula is C14H13N3O. The maximum atomic E-state index is 11.8. The summed E-state index contributed by atoms with van der Waals surface area (Å²) >= 11 is 0. The average molecular weight is 239 g/mol. The average Bonchev–Trinajstić information content (AvgIpc) is 3.23. The van der Waals surface area contributed by atoms with Crippen molar-refractivity contribution in [2.24, 2.45) is 11.0 Å². The molecule has 1 aliphatic carbocycles. The van der Waals surface area contributed by atoms with Crippen molar-refractivity contribution in [1.82, 2.24) is 0 Å². The molecule has 0 radical (unpaired) electrons. The molecule has 0 atom stereocenters. The number of benzene rings is 1. The standard InChI is InChI=1S/C14H13N3O/c15-17-16-10-2-1-3-11-4-6-12(7-5-11)14(18)13-8-9-13/h4-7,13H,2,8-10H2. The zero-order valence-corrected chi connectivity index (χ0v) is 9.97. The van der Waals surface area contributed by atoms with Crippen molar-refractivity contribution in [1.29, 1.82) is 0 Å². The zero-order valence-electron chi connectivity index (χ0n) is 9.97. The lowest BCUT2D eigenvalue weighted by Gasteiger charge is -1.98. The van der Waals surface area contributed by atoms with Gasteiger partial charge < -0.3 is 0 Å². The summed E-state index contributed by atoms with van der Waals surface area (Å²) in [7, 11) is 0. The van der Waals surface area contributed by atoms with Gasteiger partial charge in [-0.05, 0) is 30.5 Å². The molecule has 0 amide bonds. The van der Waals surface area contributed by atoms with E-state index >= 15 is 0 Å². The van der Waals surface area contributed by atoms with E-state index in [1.165, 1.54) is 0 Å². The lowest BCUT2D eigenvalue weighted by atomic mass is 10.1. The Balaban J connectivity index is 1.94. The van der Waals surface area contributed by atoms with Gasteiger partial charge in [-0.2, -0.15) is 0 Å². The summed E-state index contributed by atoms with van der Waals surface area (Å²) in [5.74, 6) is 6.39. The smallest absolute Gasteiger partial charge is 0.165 e. The minimum atomic E-state index is 0.248. The maximum absolute atomic E-state index is 11.8. The predicted molar refractivity (Wildman–Crippen MR) is 69.0 cm³/mol. The molecule has 0 bridgehead atoms. The molecule has 0 spiro atoms. The number of carbonyl (C=O) groups excluding carboxylic acids is 1. The molecule has 2 rings (SSSR count). The second kappa shape index (κ2) is 5.90. The molecule has 0 heterocycles. The Hall–Kier alpha value is -2.24. The molecule has 0 saturated heterocycles. The number of hydrogen-bond donors (Lipinski definition) is 0. The second-order valence-electron chi connectivity index (χ2n) is 4.22. The fourth-order valence-electron chi connectivity index (χ4n) is 1.61. The predicted octanol–water partition coefficient (Wildman–Crippen LogP) is 3.33. The first kappa shape index (κ1) is 12.2. The van der Waals surface area contributed by atoms with Crippen molar-refractivity contribution in [3.05, 3.63) is 45.8 Å². The number of Topliss-reactive ketones (excluding diaryl/α,β-unsaturated/α-hetero) is 1. The Bertz CT molecular complexity index is 541. The van der Waals surface area contributed by atoms with Crippen LogP contribution in [0.2, 0.25) is 0 Å². The Kier molecular flexibility index (Phi) is 4.01. The normalized spacial score (nSPS) is 13.1. The van der Waals surface area contributed by atoms with Gasteiger partial charge in [-0.3, -0.25) is 4.79 Å². The second-order valence-corrected chi connectivity index (χ2v) is 4.22. The Morgan fingerprint density at radius 2 is 2.11 bits per heavy atom. The molecule has 1 aromatic rings. The summed E-state index contributed by atoms with van der Waals surface area (Å²) in [6.07, 6.45) is 2.60. The van der Waals surface area contributed by atoms with E-state index in [4.69, 9.17) is 5.53 Å². The molecule has 4 heteroatoms. The fraction of sp³-hybridized carbons (Fsp3) is 0.357. The third-order valence-corrected chi connectivity index (χ3v) is 2.75. The lowest BCUT2D eigenvalue weighted by molar-refractivity contribution is 0.0967. The largest absolute Gasteiger partial charge is 0.294 e. The molecular weight excluding hydrogens is 226 g/mol. The lowest BCUT2D eigenvalue weighted by Crippen LogP contribution is -2.00. The van der Waals surface area contributed by atoms with Crippen LogP contribution < -0.4 is 0 Å². The summed E-state index contributed by atoms with van der Waals surface area (Å²) in [5.41, 5.74) is 9.75. The van der Waals surface area contributed by atoms with E-state index in [-0.39, 0.29) is 11.7 Å². The van der Waals surface area contributed by atoms with Crippen molar-refractivity contribution in [2.45, 2.75) is 19.3 Å². The minimum absolute atomic E-state index is 0.248. The van der Waals surface area contributed by atoms with Gasteiger partial charge in [-0.15, -0.1) is 0 Å². The van der Waals surface area contributed by atoms with E-state index in [1.807, 2.05) is 24.3 Å². The Morgan fingerprint density at radius 1 is 1.39 bits per heavy atom. The summed E-state index contributed by atoms with van der Waals surface area (Å²) in [6, 6.07) is 7.38. The van der Waals surface area contributed by atoms with Gasteiger partial charge in [-0.1, -0.05) is 29.1 Å². The van der Waals surface area contributed by atoms with E-state index in [9.17, 15) is 4.79 Å². The number of hydrogen-bond acceptors (Lipinski definition) is 2. The van der Waals surface area contributed by atoms with Gasteiger partial charge in [0, 0.05) is 34.9 Å². The third-order valence-electron chi connectivity index (χ3n) is 2.75. The molecule has 18 heavy (non-hydrogen) atoms. The van der Waals surface area contributed by atoms with E-state index in [2.05, 4.69) is 21.9 Å². The van der Waals surface area contributed by atoms with E-state index in [0.717, 1.165) is 24.0 Å². The van der Waals surface area contributed by atoms with Gasteiger partial charge in [0.2, 0.25) is 0 Å². The van der Waals surface area contributed by atoms with E-state index in [0.29, 0.717) is 13.0 Å². The molecule has 0 aromatic heterocycles. The number of azide groups is 1. The molecule has 1 aliphatic rings. The van der Waals surface area contributed by atoms with Crippen molar-refractivity contribution in [3.8, 4) is 11.8 Å². The van der Waals surface area contributed by atoms with Crippen LogP contribution in [0.1, 0.15) is 35.2 Å². The van der Waals surface area contributed by atoms with Gasteiger partial charge in [0.05, 0.1) is 0 Å². The molecule has 4 nitrogen and oxygen atoms in total. The molecule has 0 aliphatic heterocycles. The highest BCUT2D eigenvalue weighted by Crippen LogP contribution is 2.32. The number of ketones is 1. The Morgan fingerprint density at radius 3 is 2.72 bits per heavy atom. The molecule has 0 N–H and O–H groups in total. The maximum Gasteiger partial charge on any atom is 0.165 e. The van der Waals surface area contributed by atoms with Crippen LogP contribution in [-0.4, -0.2) is 12.3 Å². The van der Waals surface area contributed by atoms with Crippen LogP contribution in [0.4, 0.5) is 0 Å². The zero-order chi connectivity index (χ0) is 12.8. The van der Waals surface area contributed by atoms with Crippen LogP contribution in [0.25, 0.3) is 10.4 Å². The Labute approximate surface area is 106 Å².